The molecule has 2 aliphatic heterocycles. The highest BCUT2D eigenvalue weighted by molar-refractivity contribution is 5.71. The van der Waals surface area contributed by atoms with Crippen molar-refractivity contribution < 1.29 is 33.2 Å². The number of carbonyl (C=O) groups is 1. The zero-order valence-corrected chi connectivity index (χ0v) is 19.5. The molecule has 0 aliphatic carbocycles. The summed E-state index contributed by atoms with van der Waals surface area (Å²) in [6.45, 7) is 3.95. The number of halogens is 1. The molecule has 0 unspecified atom stereocenters. The zero-order chi connectivity index (χ0) is 24.6. The van der Waals surface area contributed by atoms with Gasteiger partial charge in [0.05, 0.1) is 12.0 Å². The molecule has 0 aromatic heterocycles. The molecule has 0 radical (unpaired) electrons. The van der Waals surface area contributed by atoms with Gasteiger partial charge in [0, 0.05) is 11.5 Å². The predicted octanol–water partition coefficient (Wildman–Crippen LogP) is 6.02. The number of fused-ring (bicyclic) bond motifs is 3. The van der Waals surface area contributed by atoms with Gasteiger partial charge < -0.3 is 24.1 Å². The Balaban J connectivity index is 1.43. The van der Waals surface area contributed by atoms with E-state index in [0.717, 1.165) is 5.56 Å². The van der Waals surface area contributed by atoms with Crippen LogP contribution in [-0.4, -0.2) is 29.4 Å². The van der Waals surface area contributed by atoms with Crippen molar-refractivity contribution in [1.82, 2.24) is 0 Å². The van der Waals surface area contributed by atoms with Crippen LogP contribution in [-0.2, 0) is 9.53 Å². The Morgan fingerprint density at radius 1 is 1.03 bits per heavy atom. The number of aliphatic carboxylic acids is 1. The summed E-state index contributed by atoms with van der Waals surface area (Å²) in [6.07, 6.45) is -0.724. The molecule has 1 fully saturated rings. The molecule has 0 bridgehead atoms. The minimum Gasteiger partial charge on any atom is -0.491 e. The average molecular weight is 479 g/mol. The van der Waals surface area contributed by atoms with Crippen LogP contribution in [0.15, 0.2) is 72.8 Å². The van der Waals surface area contributed by atoms with Crippen LogP contribution in [0, 0.1) is 17.7 Å². The van der Waals surface area contributed by atoms with E-state index in [4.69, 9.17) is 18.9 Å². The Kier molecular flexibility index (Phi) is 6.11. The van der Waals surface area contributed by atoms with Crippen molar-refractivity contribution in [2.24, 2.45) is 11.8 Å². The summed E-state index contributed by atoms with van der Waals surface area (Å²) in [6, 6.07) is 20.7. The van der Waals surface area contributed by atoms with E-state index in [0.29, 0.717) is 29.4 Å². The second-order valence-corrected chi connectivity index (χ2v) is 9.47. The third kappa shape index (κ3) is 4.82. The third-order valence-corrected chi connectivity index (χ3v) is 6.72. The lowest BCUT2D eigenvalue weighted by Crippen LogP contribution is -2.53. The minimum absolute atomic E-state index is 0.0304. The van der Waals surface area contributed by atoms with Gasteiger partial charge in [0.1, 0.15) is 47.1 Å². The van der Waals surface area contributed by atoms with Crippen molar-refractivity contribution in [1.29, 1.82) is 0 Å². The second-order valence-electron chi connectivity index (χ2n) is 9.47. The van der Waals surface area contributed by atoms with Crippen LogP contribution in [0.3, 0.4) is 0 Å². The Hall–Kier alpha value is -3.58. The molecule has 6 nitrogen and oxygen atoms in total. The van der Waals surface area contributed by atoms with E-state index in [2.05, 4.69) is 0 Å². The summed E-state index contributed by atoms with van der Waals surface area (Å²) in [4.78, 5) is 12.2. The van der Waals surface area contributed by atoms with Crippen LogP contribution in [0.1, 0.15) is 31.9 Å². The summed E-state index contributed by atoms with van der Waals surface area (Å²) in [5, 5.41) is 9.96. The highest BCUT2D eigenvalue weighted by atomic mass is 19.1. The smallest absolute Gasteiger partial charge is 0.309 e. The molecule has 1 N–H and O–H groups in total. The molecule has 1 saturated heterocycles. The largest absolute Gasteiger partial charge is 0.491 e. The molecule has 2 aliphatic rings. The first-order chi connectivity index (χ1) is 16.8. The van der Waals surface area contributed by atoms with Gasteiger partial charge >= 0.3 is 5.97 Å². The Morgan fingerprint density at radius 2 is 1.74 bits per heavy atom. The molecule has 0 amide bonds. The van der Waals surface area contributed by atoms with Gasteiger partial charge in [0.2, 0.25) is 0 Å². The van der Waals surface area contributed by atoms with Crippen LogP contribution in [0.2, 0.25) is 0 Å². The molecular weight excluding hydrogens is 451 g/mol. The van der Waals surface area contributed by atoms with Gasteiger partial charge in [-0.2, -0.15) is 0 Å². The number of hydrogen-bond acceptors (Lipinski definition) is 5. The number of benzene rings is 3. The zero-order valence-electron chi connectivity index (χ0n) is 19.5. The molecule has 7 heteroatoms. The van der Waals surface area contributed by atoms with E-state index in [1.807, 2.05) is 62.4 Å². The van der Waals surface area contributed by atoms with Crippen LogP contribution in [0.4, 0.5) is 4.39 Å². The summed E-state index contributed by atoms with van der Waals surface area (Å²) in [7, 11) is 0. The summed E-state index contributed by atoms with van der Waals surface area (Å²) in [5.74, 6) is 0.208. The van der Waals surface area contributed by atoms with Crippen molar-refractivity contribution in [3.63, 3.8) is 0 Å². The summed E-state index contributed by atoms with van der Waals surface area (Å²) < 4.78 is 37.8. The van der Waals surface area contributed by atoms with Crippen molar-refractivity contribution >= 4 is 5.97 Å². The molecule has 2 heterocycles. The van der Waals surface area contributed by atoms with Crippen molar-refractivity contribution in [2.45, 2.75) is 38.1 Å². The fraction of sp³-hybridized carbons (Fsp3) is 0.321. The van der Waals surface area contributed by atoms with Gasteiger partial charge in [0.25, 0.3) is 0 Å². The van der Waals surface area contributed by atoms with Gasteiger partial charge in [0.15, 0.2) is 0 Å². The first kappa shape index (κ1) is 23.2. The molecule has 0 saturated carbocycles. The molecule has 4 atom stereocenters. The Labute approximate surface area is 203 Å². The van der Waals surface area contributed by atoms with E-state index >= 15 is 0 Å². The van der Waals surface area contributed by atoms with Gasteiger partial charge in [-0.15, -0.1) is 0 Å². The van der Waals surface area contributed by atoms with Gasteiger partial charge in [-0.3, -0.25) is 4.79 Å². The summed E-state index contributed by atoms with van der Waals surface area (Å²) in [5.41, 5.74) is 0.189. The maximum atomic E-state index is 13.2. The number of carboxylic acid groups (broad SMARTS) is 1. The lowest BCUT2D eigenvalue weighted by atomic mass is 9.72. The molecule has 35 heavy (non-hydrogen) atoms. The van der Waals surface area contributed by atoms with Gasteiger partial charge in [-0.1, -0.05) is 18.2 Å². The van der Waals surface area contributed by atoms with Crippen LogP contribution < -0.4 is 14.2 Å². The Bertz CT molecular complexity index is 1190. The minimum atomic E-state index is -0.945. The SMILES string of the molecule is CC1(C)Oc2ccc(Oc3ccccc3)cc2[C@H]2O[C@@H](COc3ccc(F)cc3)[C@@H](C(=O)O)C[C@@H]21. The number of ether oxygens (including phenoxy) is 4. The van der Waals surface area contributed by atoms with E-state index in [9.17, 15) is 14.3 Å². The van der Waals surface area contributed by atoms with E-state index in [-0.39, 0.29) is 18.3 Å². The first-order valence-corrected chi connectivity index (χ1v) is 11.6. The number of carboxylic acids is 1. The van der Waals surface area contributed by atoms with Crippen molar-refractivity contribution in [3.05, 3.63) is 84.2 Å². The van der Waals surface area contributed by atoms with E-state index < -0.39 is 29.7 Å². The lowest BCUT2D eigenvalue weighted by molar-refractivity contribution is -0.192. The molecule has 5 rings (SSSR count). The molecule has 3 aromatic rings. The average Bonchev–Trinajstić information content (AvgIpc) is 2.84. The maximum absolute atomic E-state index is 13.2. The molecule has 3 aromatic carbocycles. The lowest BCUT2D eigenvalue weighted by Gasteiger charge is -2.50. The fourth-order valence-corrected chi connectivity index (χ4v) is 4.88. The Morgan fingerprint density at radius 3 is 2.46 bits per heavy atom. The summed E-state index contributed by atoms with van der Waals surface area (Å²) >= 11 is 0. The topological polar surface area (TPSA) is 74.2 Å². The highest BCUT2D eigenvalue weighted by Crippen LogP contribution is 2.52. The van der Waals surface area contributed by atoms with Crippen molar-refractivity contribution in [3.8, 4) is 23.0 Å². The second kappa shape index (κ2) is 9.23. The highest BCUT2D eigenvalue weighted by Gasteiger charge is 2.52. The van der Waals surface area contributed by atoms with Gasteiger partial charge in [-0.25, -0.2) is 4.39 Å². The normalized spacial score (nSPS) is 24.4. The molecule has 182 valence electrons. The quantitative estimate of drug-likeness (QED) is 0.467. The standard InChI is InChI=1S/C28H27FO6/c1-28(2)23-15-22(27(30)31)25(16-32-18-10-8-17(29)9-11-18)34-26(23)21-14-20(12-13-24(21)35-28)33-19-6-4-3-5-7-19/h3-14,22-23,25-26H,15-16H2,1-2H3,(H,30,31)/t22-,23-,25-,26+/m0/s1. The van der Waals surface area contributed by atoms with Crippen molar-refractivity contribution in [2.75, 3.05) is 6.61 Å². The molecular formula is C28H27FO6. The predicted molar refractivity (Wildman–Crippen MR) is 126 cm³/mol. The van der Waals surface area contributed by atoms with E-state index in [1.165, 1.54) is 24.3 Å². The van der Waals surface area contributed by atoms with E-state index in [1.54, 1.807) is 0 Å². The first-order valence-electron chi connectivity index (χ1n) is 11.6. The number of rotatable bonds is 6. The van der Waals surface area contributed by atoms with Crippen LogP contribution in [0.25, 0.3) is 0 Å². The van der Waals surface area contributed by atoms with Crippen LogP contribution in [0.5, 0.6) is 23.0 Å². The molecule has 0 spiro atoms. The number of hydrogen-bond donors (Lipinski definition) is 1. The maximum Gasteiger partial charge on any atom is 0.309 e. The third-order valence-electron chi connectivity index (χ3n) is 6.72. The fourth-order valence-electron chi connectivity index (χ4n) is 4.88. The van der Waals surface area contributed by atoms with Crippen LogP contribution >= 0.6 is 0 Å². The number of para-hydroxylation sites is 1. The van der Waals surface area contributed by atoms with Gasteiger partial charge in [-0.05, 0) is 74.9 Å². The monoisotopic (exact) mass is 478 g/mol.